The van der Waals surface area contributed by atoms with Crippen molar-refractivity contribution in [2.45, 2.75) is 6.92 Å². The van der Waals surface area contributed by atoms with Gasteiger partial charge in [-0.3, -0.25) is 4.79 Å². The zero-order valence-electron chi connectivity index (χ0n) is 14.8. The Morgan fingerprint density at radius 3 is 2.22 bits per heavy atom. The lowest BCUT2D eigenvalue weighted by atomic mass is 10.2. The summed E-state index contributed by atoms with van der Waals surface area (Å²) in [5.41, 5.74) is 1.59. The van der Waals surface area contributed by atoms with E-state index in [2.05, 4.69) is 5.32 Å². The Labute approximate surface area is 157 Å². The Bertz CT molecular complexity index is 921. The molecule has 3 aromatic rings. The van der Waals surface area contributed by atoms with Crippen LogP contribution in [0.15, 0.2) is 78.9 Å². The molecule has 3 aromatic carbocycles. The minimum absolute atomic E-state index is 0.201. The maximum absolute atomic E-state index is 12.3. The predicted octanol–water partition coefficient (Wildman–Crippen LogP) is 4.56. The second-order valence-electron chi connectivity index (χ2n) is 5.69. The van der Waals surface area contributed by atoms with Crippen molar-refractivity contribution >= 4 is 17.6 Å². The summed E-state index contributed by atoms with van der Waals surface area (Å²) >= 11 is 0. The number of anilines is 1. The van der Waals surface area contributed by atoms with Crippen molar-refractivity contribution in [3.63, 3.8) is 0 Å². The van der Waals surface area contributed by atoms with E-state index in [4.69, 9.17) is 9.47 Å². The van der Waals surface area contributed by atoms with Crippen molar-refractivity contribution < 1.29 is 19.1 Å². The van der Waals surface area contributed by atoms with Gasteiger partial charge in [0.25, 0.3) is 5.91 Å². The lowest BCUT2D eigenvalue weighted by Crippen LogP contribution is -2.12. The van der Waals surface area contributed by atoms with Crippen molar-refractivity contribution in [1.29, 1.82) is 0 Å². The maximum atomic E-state index is 12.3. The van der Waals surface area contributed by atoms with Crippen molar-refractivity contribution in [2.75, 3.05) is 11.9 Å². The van der Waals surface area contributed by atoms with Crippen LogP contribution >= 0.6 is 0 Å². The summed E-state index contributed by atoms with van der Waals surface area (Å²) in [4.78, 5) is 24.4. The quantitative estimate of drug-likeness (QED) is 0.516. The van der Waals surface area contributed by atoms with Gasteiger partial charge >= 0.3 is 5.97 Å². The maximum Gasteiger partial charge on any atom is 0.343 e. The zero-order valence-corrected chi connectivity index (χ0v) is 14.8. The molecule has 0 atom stereocenters. The van der Waals surface area contributed by atoms with Crippen molar-refractivity contribution in [3.8, 4) is 11.5 Å². The number of nitrogens with one attached hydrogen (secondary N) is 1. The largest absolute Gasteiger partial charge is 0.494 e. The fourth-order valence-corrected chi connectivity index (χ4v) is 2.44. The second-order valence-corrected chi connectivity index (χ2v) is 5.69. The number of hydrogen-bond donors (Lipinski definition) is 1. The Kier molecular flexibility index (Phi) is 5.84. The molecule has 1 amide bonds. The van der Waals surface area contributed by atoms with Gasteiger partial charge in [0.1, 0.15) is 11.5 Å². The lowest BCUT2D eigenvalue weighted by molar-refractivity contribution is 0.0734. The molecule has 0 bridgehead atoms. The Morgan fingerprint density at radius 2 is 1.52 bits per heavy atom. The first-order chi connectivity index (χ1) is 13.2. The molecule has 136 valence electrons. The van der Waals surface area contributed by atoms with Crippen molar-refractivity contribution in [3.05, 3.63) is 90.0 Å². The highest BCUT2D eigenvalue weighted by atomic mass is 16.5. The molecule has 0 aromatic heterocycles. The Morgan fingerprint density at radius 1 is 0.815 bits per heavy atom. The van der Waals surface area contributed by atoms with E-state index in [0.717, 1.165) is 0 Å². The number of rotatable bonds is 6. The van der Waals surface area contributed by atoms with Gasteiger partial charge in [0.05, 0.1) is 12.2 Å². The summed E-state index contributed by atoms with van der Waals surface area (Å²) in [6.07, 6.45) is 0. The number of esters is 1. The van der Waals surface area contributed by atoms with E-state index in [1.54, 1.807) is 72.8 Å². The molecule has 0 saturated heterocycles. The molecule has 5 heteroatoms. The molecule has 3 rings (SSSR count). The highest BCUT2D eigenvalue weighted by molar-refractivity contribution is 6.04. The third-order valence-electron chi connectivity index (χ3n) is 3.74. The smallest absolute Gasteiger partial charge is 0.343 e. The molecular formula is C22H19NO4. The van der Waals surface area contributed by atoms with Gasteiger partial charge in [-0.25, -0.2) is 4.79 Å². The monoisotopic (exact) mass is 361 g/mol. The fourth-order valence-electron chi connectivity index (χ4n) is 2.44. The molecule has 0 spiro atoms. The molecule has 1 N–H and O–H groups in total. The molecule has 0 saturated carbocycles. The standard InChI is InChI=1S/C22H19NO4/c1-2-26-20-10-6-9-17(15-20)22(25)27-19-13-11-18(12-14-19)23-21(24)16-7-4-3-5-8-16/h3-15H,2H2,1H3,(H,23,24). The van der Waals surface area contributed by atoms with Crippen LogP contribution in [0.2, 0.25) is 0 Å². The molecule has 0 aliphatic carbocycles. The van der Waals surface area contributed by atoms with E-state index in [0.29, 0.717) is 34.9 Å². The molecule has 0 unspecified atom stereocenters. The second kappa shape index (κ2) is 8.67. The van der Waals surface area contributed by atoms with Crippen molar-refractivity contribution in [1.82, 2.24) is 0 Å². The van der Waals surface area contributed by atoms with Gasteiger partial charge in [0, 0.05) is 11.3 Å². The summed E-state index contributed by atoms with van der Waals surface area (Å²) < 4.78 is 10.8. The minimum atomic E-state index is -0.474. The van der Waals surface area contributed by atoms with Crippen LogP contribution in [0.5, 0.6) is 11.5 Å². The summed E-state index contributed by atoms with van der Waals surface area (Å²) in [5, 5.41) is 2.80. The van der Waals surface area contributed by atoms with E-state index in [1.165, 1.54) is 0 Å². The average Bonchev–Trinajstić information content (AvgIpc) is 2.70. The SMILES string of the molecule is CCOc1cccc(C(=O)Oc2ccc(NC(=O)c3ccccc3)cc2)c1. The van der Waals surface area contributed by atoms with E-state index in [1.807, 2.05) is 13.0 Å². The Balaban J connectivity index is 1.63. The van der Waals surface area contributed by atoms with Crippen LogP contribution < -0.4 is 14.8 Å². The number of carbonyl (C=O) groups is 2. The number of amides is 1. The molecule has 0 radical (unpaired) electrons. The van der Waals surface area contributed by atoms with Crippen LogP contribution in [0, 0.1) is 0 Å². The van der Waals surface area contributed by atoms with Crippen LogP contribution in [0.1, 0.15) is 27.6 Å². The summed E-state index contributed by atoms with van der Waals surface area (Å²) in [6.45, 7) is 2.40. The average molecular weight is 361 g/mol. The highest BCUT2D eigenvalue weighted by Crippen LogP contribution is 2.19. The summed E-state index contributed by atoms with van der Waals surface area (Å²) in [7, 11) is 0. The molecule has 0 heterocycles. The molecule has 0 aliphatic heterocycles. The van der Waals surface area contributed by atoms with Crippen LogP contribution in [0.3, 0.4) is 0 Å². The third kappa shape index (κ3) is 4.95. The zero-order chi connectivity index (χ0) is 19.1. The van der Waals surface area contributed by atoms with E-state index < -0.39 is 5.97 Å². The van der Waals surface area contributed by atoms with Gasteiger partial charge in [-0.2, -0.15) is 0 Å². The molecule has 0 aliphatic rings. The van der Waals surface area contributed by atoms with E-state index in [9.17, 15) is 9.59 Å². The predicted molar refractivity (Wildman–Crippen MR) is 103 cm³/mol. The van der Waals surface area contributed by atoms with Gasteiger partial charge in [0.2, 0.25) is 0 Å². The fraction of sp³-hybridized carbons (Fsp3) is 0.0909. The summed E-state index contributed by atoms with van der Waals surface area (Å²) in [5.74, 6) is 0.330. The summed E-state index contributed by atoms with van der Waals surface area (Å²) in [6, 6.07) is 22.4. The first-order valence-corrected chi connectivity index (χ1v) is 8.57. The van der Waals surface area contributed by atoms with Gasteiger partial charge in [-0.1, -0.05) is 24.3 Å². The topological polar surface area (TPSA) is 64.6 Å². The van der Waals surface area contributed by atoms with Crippen LogP contribution in [-0.4, -0.2) is 18.5 Å². The molecular weight excluding hydrogens is 342 g/mol. The van der Waals surface area contributed by atoms with Gasteiger partial charge in [-0.15, -0.1) is 0 Å². The van der Waals surface area contributed by atoms with Crippen LogP contribution in [0.4, 0.5) is 5.69 Å². The molecule has 27 heavy (non-hydrogen) atoms. The van der Waals surface area contributed by atoms with Gasteiger partial charge in [0.15, 0.2) is 0 Å². The highest BCUT2D eigenvalue weighted by Gasteiger charge is 2.10. The number of carbonyl (C=O) groups excluding carboxylic acids is 2. The first-order valence-electron chi connectivity index (χ1n) is 8.57. The molecule has 0 fully saturated rings. The van der Waals surface area contributed by atoms with Crippen molar-refractivity contribution in [2.24, 2.45) is 0 Å². The number of benzene rings is 3. The molecule has 5 nitrogen and oxygen atoms in total. The van der Waals surface area contributed by atoms with Crippen LogP contribution in [0.25, 0.3) is 0 Å². The number of ether oxygens (including phenoxy) is 2. The van der Waals surface area contributed by atoms with E-state index >= 15 is 0 Å². The third-order valence-corrected chi connectivity index (χ3v) is 3.74. The Hall–Kier alpha value is -3.60. The lowest BCUT2D eigenvalue weighted by Gasteiger charge is -2.08. The van der Waals surface area contributed by atoms with Gasteiger partial charge in [-0.05, 0) is 61.5 Å². The minimum Gasteiger partial charge on any atom is -0.494 e. The van der Waals surface area contributed by atoms with E-state index in [-0.39, 0.29) is 5.91 Å². The van der Waals surface area contributed by atoms with Crippen LogP contribution in [-0.2, 0) is 0 Å². The van der Waals surface area contributed by atoms with Gasteiger partial charge < -0.3 is 14.8 Å². The normalized spacial score (nSPS) is 10.1. The number of hydrogen-bond acceptors (Lipinski definition) is 4. The first kappa shape index (κ1) is 18.2.